The summed E-state index contributed by atoms with van der Waals surface area (Å²) >= 11 is 5.97. The normalized spacial score (nSPS) is 10.9. The quantitative estimate of drug-likeness (QED) is 0.683. The largest absolute Gasteiger partial charge is 0.268 e. The molecule has 1 aromatic heterocycles. The topological polar surface area (TPSA) is 34.9 Å². The minimum absolute atomic E-state index is 0.0983. The molecule has 0 fully saturated rings. The number of fused-ring (bicyclic) bond motifs is 1. The third-order valence-corrected chi connectivity index (χ3v) is 3.53. The van der Waals surface area contributed by atoms with Crippen molar-refractivity contribution in [1.29, 1.82) is 0 Å². The standard InChI is InChI=1S/C16H13ClN2O/c1-10-3-6-13(7-4-10)19-11(2)18-15-8-5-12(17)9-14(15)16(19)20/h3-9H,1-2H3. The van der Waals surface area contributed by atoms with Crippen LogP contribution in [-0.4, -0.2) is 9.55 Å². The monoisotopic (exact) mass is 284 g/mol. The predicted molar refractivity (Wildman–Crippen MR) is 81.8 cm³/mol. The molecule has 0 bridgehead atoms. The molecular formula is C16H13ClN2O. The van der Waals surface area contributed by atoms with E-state index in [1.165, 1.54) is 0 Å². The average molecular weight is 285 g/mol. The van der Waals surface area contributed by atoms with Crippen LogP contribution in [0, 0.1) is 13.8 Å². The van der Waals surface area contributed by atoms with Gasteiger partial charge in [-0.2, -0.15) is 0 Å². The van der Waals surface area contributed by atoms with Crippen LogP contribution in [0.15, 0.2) is 47.3 Å². The summed E-state index contributed by atoms with van der Waals surface area (Å²) in [7, 11) is 0. The van der Waals surface area contributed by atoms with E-state index in [0.29, 0.717) is 21.7 Å². The highest BCUT2D eigenvalue weighted by Gasteiger charge is 2.10. The molecule has 3 nitrogen and oxygen atoms in total. The molecular weight excluding hydrogens is 272 g/mol. The first-order valence-electron chi connectivity index (χ1n) is 6.32. The second-order valence-electron chi connectivity index (χ2n) is 4.80. The van der Waals surface area contributed by atoms with Crippen molar-refractivity contribution in [2.24, 2.45) is 0 Å². The van der Waals surface area contributed by atoms with Gasteiger partial charge in [-0.1, -0.05) is 29.3 Å². The Bertz CT molecular complexity index is 851. The lowest BCUT2D eigenvalue weighted by molar-refractivity contribution is 0.894. The molecule has 3 aromatic rings. The van der Waals surface area contributed by atoms with Crippen LogP contribution in [0.4, 0.5) is 0 Å². The van der Waals surface area contributed by atoms with Gasteiger partial charge in [-0.05, 0) is 44.2 Å². The number of benzene rings is 2. The minimum Gasteiger partial charge on any atom is -0.268 e. The van der Waals surface area contributed by atoms with Crippen molar-refractivity contribution in [3.05, 3.63) is 69.2 Å². The third kappa shape index (κ3) is 2.10. The molecule has 0 amide bonds. The number of rotatable bonds is 1. The summed E-state index contributed by atoms with van der Waals surface area (Å²) in [5.41, 5.74) is 2.53. The molecule has 0 saturated carbocycles. The van der Waals surface area contributed by atoms with E-state index < -0.39 is 0 Å². The van der Waals surface area contributed by atoms with Crippen molar-refractivity contribution >= 4 is 22.5 Å². The van der Waals surface area contributed by atoms with E-state index in [4.69, 9.17) is 11.6 Å². The Morgan fingerprint density at radius 2 is 1.75 bits per heavy atom. The summed E-state index contributed by atoms with van der Waals surface area (Å²) in [4.78, 5) is 17.1. The second kappa shape index (κ2) is 4.76. The van der Waals surface area contributed by atoms with Crippen molar-refractivity contribution in [1.82, 2.24) is 9.55 Å². The number of hydrogen-bond donors (Lipinski definition) is 0. The van der Waals surface area contributed by atoms with Gasteiger partial charge >= 0.3 is 0 Å². The molecule has 0 aliphatic heterocycles. The van der Waals surface area contributed by atoms with Gasteiger partial charge in [0.05, 0.1) is 16.6 Å². The average Bonchev–Trinajstić information content (AvgIpc) is 2.42. The molecule has 0 N–H and O–H groups in total. The molecule has 0 aliphatic rings. The fraction of sp³-hybridized carbons (Fsp3) is 0.125. The lowest BCUT2D eigenvalue weighted by Crippen LogP contribution is -2.22. The maximum Gasteiger partial charge on any atom is 0.266 e. The first-order chi connectivity index (χ1) is 9.56. The van der Waals surface area contributed by atoms with E-state index in [2.05, 4.69) is 4.98 Å². The van der Waals surface area contributed by atoms with Gasteiger partial charge in [0.2, 0.25) is 0 Å². The Morgan fingerprint density at radius 3 is 2.45 bits per heavy atom. The summed E-state index contributed by atoms with van der Waals surface area (Å²) in [5, 5.41) is 1.07. The van der Waals surface area contributed by atoms with Crippen LogP contribution < -0.4 is 5.56 Å². The zero-order valence-electron chi connectivity index (χ0n) is 11.2. The van der Waals surface area contributed by atoms with Gasteiger partial charge in [-0.3, -0.25) is 9.36 Å². The molecule has 0 saturated heterocycles. The third-order valence-electron chi connectivity index (χ3n) is 3.29. The number of aryl methyl sites for hydroxylation is 2. The van der Waals surface area contributed by atoms with E-state index >= 15 is 0 Å². The highest BCUT2D eigenvalue weighted by atomic mass is 35.5. The van der Waals surface area contributed by atoms with Crippen LogP contribution in [0.5, 0.6) is 0 Å². The Balaban J connectivity index is 2.36. The summed E-state index contributed by atoms with van der Waals surface area (Å²) in [6, 6.07) is 13.0. The summed E-state index contributed by atoms with van der Waals surface area (Å²) in [6.07, 6.45) is 0. The lowest BCUT2D eigenvalue weighted by Gasteiger charge is -2.11. The van der Waals surface area contributed by atoms with Gasteiger partial charge in [0.1, 0.15) is 5.82 Å². The molecule has 2 aromatic carbocycles. The number of halogens is 1. The molecule has 0 unspecified atom stereocenters. The van der Waals surface area contributed by atoms with Gasteiger partial charge in [0.15, 0.2) is 0 Å². The minimum atomic E-state index is -0.0983. The van der Waals surface area contributed by atoms with Crippen molar-refractivity contribution in [3.63, 3.8) is 0 Å². The molecule has 0 radical (unpaired) electrons. The number of hydrogen-bond acceptors (Lipinski definition) is 2. The van der Waals surface area contributed by atoms with Crippen molar-refractivity contribution in [2.45, 2.75) is 13.8 Å². The molecule has 0 spiro atoms. The zero-order valence-corrected chi connectivity index (χ0v) is 12.0. The van der Waals surface area contributed by atoms with Crippen LogP contribution in [0.25, 0.3) is 16.6 Å². The fourth-order valence-corrected chi connectivity index (χ4v) is 2.44. The van der Waals surface area contributed by atoms with Crippen molar-refractivity contribution in [3.8, 4) is 5.69 Å². The molecule has 100 valence electrons. The predicted octanol–water partition coefficient (Wildman–Crippen LogP) is 3.66. The van der Waals surface area contributed by atoms with E-state index in [1.807, 2.05) is 38.1 Å². The highest BCUT2D eigenvalue weighted by Crippen LogP contribution is 2.17. The van der Waals surface area contributed by atoms with Gasteiger partial charge < -0.3 is 0 Å². The summed E-state index contributed by atoms with van der Waals surface area (Å²) in [5.74, 6) is 0.661. The van der Waals surface area contributed by atoms with Crippen LogP contribution in [0.1, 0.15) is 11.4 Å². The van der Waals surface area contributed by atoms with Crippen LogP contribution in [-0.2, 0) is 0 Å². The van der Waals surface area contributed by atoms with E-state index in [0.717, 1.165) is 11.3 Å². The second-order valence-corrected chi connectivity index (χ2v) is 5.23. The zero-order chi connectivity index (χ0) is 14.3. The van der Waals surface area contributed by atoms with E-state index in [9.17, 15) is 4.79 Å². The Labute approximate surface area is 121 Å². The Kier molecular flexibility index (Phi) is 3.07. The fourth-order valence-electron chi connectivity index (χ4n) is 2.27. The maximum atomic E-state index is 12.7. The SMILES string of the molecule is Cc1ccc(-n2c(C)nc3ccc(Cl)cc3c2=O)cc1. The summed E-state index contributed by atoms with van der Waals surface area (Å²) in [6.45, 7) is 3.84. The van der Waals surface area contributed by atoms with Crippen molar-refractivity contribution < 1.29 is 0 Å². The van der Waals surface area contributed by atoms with E-state index in [1.54, 1.807) is 22.8 Å². The van der Waals surface area contributed by atoms with Gasteiger partial charge in [-0.25, -0.2) is 4.98 Å². The van der Waals surface area contributed by atoms with Gasteiger partial charge in [-0.15, -0.1) is 0 Å². The molecule has 0 aliphatic carbocycles. The van der Waals surface area contributed by atoms with Crippen molar-refractivity contribution in [2.75, 3.05) is 0 Å². The first kappa shape index (κ1) is 12.9. The van der Waals surface area contributed by atoms with Gasteiger partial charge in [0.25, 0.3) is 5.56 Å². The maximum absolute atomic E-state index is 12.7. The Morgan fingerprint density at radius 1 is 1.05 bits per heavy atom. The molecule has 4 heteroatoms. The molecule has 3 rings (SSSR count). The van der Waals surface area contributed by atoms with Crippen LogP contribution in [0.2, 0.25) is 5.02 Å². The smallest absolute Gasteiger partial charge is 0.266 e. The first-order valence-corrected chi connectivity index (χ1v) is 6.70. The van der Waals surface area contributed by atoms with Gasteiger partial charge in [0, 0.05) is 5.02 Å². The highest BCUT2D eigenvalue weighted by molar-refractivity contribution is 6.31. The van der Waals surface area contributed by atoms with Crippen LogP contribution in [0.3, 0.4) is 0 Å². The molecule has 1 heterocycles. The summed E-state index contributed by atoms with van der Waals surface area (Å²) < 4.78 is 1.61. The molecule has 0 atom stereocenters. The lowest BCUT2D eigenvalue weighted by atomic mass is 10.2. The number of nitrogens with zero attached hydrogens (tertiary/aromatic N) is 2. The van der Waals surface area contributed by atoms with Crippen LogP contribution >= 0.6 is 11.6 Å². The van der Waals surface area contributed by atoms with E-state index in [-0.39, 0.29) is 5.56 Å². The molecule has 20 heavy (non-hydrogen) atoms. The Hall–Kier alpha value is -2.13. The number of aromatic nitrogens is 2.